The van der Waals surface area contributed by atoms with Crippen molar-refractivity contribution in [3.8, 4) is 0 Å². The molecule has 3 rings (SSSR count). The van der Waals surface area contributed by atoms with Gasteiger partial charge in [0.2, 0.25) is 21.8 Å². The third-order valence-corrected chi connectivity index (χ3v) is 7.81. The summed E-state index contributed by atoms with van der Waals surface area (Å²) in [4.78, 5) is 28.7. The van der Waals surface area contributed by atoms with Gasteiger partial charge in [0.1, 0.15) is 0 Å². The average molecular weight is 451 g/mol. The largest absolute Gasteiger partial charge is 0.355 e. The Bertz CT molecular complexity index is 843. The molecule has 0 radical (unpaired) electrons. The molecule has 0 unspecified atom stereocenters. The van der Waals surface area contributed by atoms with Crippen molar-refractivity contribution in [2.75, 3.05) is 52.4 Å². The van der Waals surface area contributed by atoms with E-state index in [-0.39, 0.29) is 18.2 Å². The van der Waals surface area contributed by atoms with Crippen LogP contribution in [0.3, 0.4) is 0 Å². The van der Waals surface area contributed by atoms with Gasteiger partial charge >= 0.3 is 0 Å². The molecule has 2 saturated heterocycles. The third kappa shape index (κ3) is 6.51. The van der Waals surface area contributed by atoms with Crippen LogP contribution in [0.2, 0.25) is 0 Å². The zero-order valence-electron chi connectivity index (χ0n) is 18.4. The lowest BCUT2D eigenvalue weighted by Crippen LogP contribution is -2.51. The molecule has 0 aliphatic carbocycles. The van der Waals surface area contributed by atoms with E-state index in [9.17, 15) is 18.0 Å². The second-order valence-corrected chi connectivity index (χ2v) is 10.2. The van der Waals surface area contributed by atoms with Crippen LogP contribution in [0.4, 0.5) is 0 Å². The van der Waals surface area contributed by atoms with Gasteiger partial charge in [-0.3, -0.25) is 14.5 Å². The van der Waals surface area contributed by atoms with Crippen LogP contribution in [0.1, 0.15) is 38.2 Å². The molecule has 1 aromatic carbocycles. The Morgan fingerprint density at radius 1 is 0.935 bits per heavy atom. The van der Waals surface area contributed by atoms with Crippen LogP contribution in [0, 0.1) is 0 Å². The van der Waals surface area contributed by atoms with Gasteiger partial charge in [0.05, 0.1) is 17.9 Å². The van der Waals surface area contributed by atoms with Gasteiger partial charge in [-0.05, 0) is 37.0 Å². The lowest BCUT2D eigenvalue weighted by molar-refractivity contribution is -0.132. The summed E-state index contributed by atoms with van der Waals surface area (Å²) in [6.45, 7) is 6.79. The fourth-order valence-electron chi connectivity index (χ4n) is 4.00. The van der Waals surface area contributed by atoms with Crippen molar-refractivity contribution >= 4 is 21.8 Å². The smallest absolute Gasteiger partial charge is 0.243 e. The van der Waals surface area contributed by atoms with Crippen molar-refractivity contribution in [1.29, 1.82) is 0 Å². The predicted molar refractivity (Wildman–Crippen MR) is 119 cm³/mol. The van der Waals surface area contributed by atoms with Gasteiger partial charge in [0, 0.05) is 45.8 Å². The van der Waals surface area contributed by atoms with E-state index in [1.165, 1.54) is 0 Å². The SMILES string of the molecule is CCCNC(=O)CN1CCN(C(=O)Cc2ccc(S(=O)(=O)N3CCCCC3)cc2)CC1. The van der Waals surface area contributed by atoms with E-state index in [2.05, 4.69) is 10.2 Å². The quantitative estimate of drug-likeness (QED) is 0.640. The molecule has 2 aliphatic rings. The number of hydrogen-bond acceptors (Lipinski definition) is 5. The first-order chi connectivity index (χ1) is 14.9. The van der Waals surface area contributed by atoms with E-state index in [4.69, 9.17) is 0 Å². The van der Waals surface area contributed by atoms with Crippen LogP contribution < -0.4 is 5.32 Å². The summed E-state index contributed by atoms with van der Waals surface area (Å²) in [5.74, 6) is 0.0583. The van der Waals surface area contributed by atoms with E-state index in [1.54, 1.807) is 28.6 Å². The minimum Gasteiger partial charge on any atom is -0.355 e. The van der Waals surface area contributed by atoms with Crippen molar-refractivity contribution < 1.29 is 18.0 Å². The number of carbonyl (C=O) groups excluding carboxylic acids is 2. The van der Waals surface area contributed by atoms with Crippen molar-refractivity contribution in [3.63, 3.8) is 0 Å². The number of benzene rings is 1. The molecular formula is C22H34N4O4S. The van der Waals surface area contributed by atoms with Gasteiger partial charge in [-0.25, -0.2) is 8.42 Å². The first-order valence-electron chi connectivity index (χ1n) is 11.3. The summed E-state index contributed by atoms with van der Waals surface area (Å²) in [5, 5.41) is 2.88. The molecule has 0 bridgehead atoms. The Balaban J connectivity index is 1.48. The zero-order valence-corrected chi connectivity index (χ0v) is 19.2. The van der Waals surface area contributed by atoms with Crippen LogP contribution in [0.25, 0.3) is 0 Å². The molecule has 2 fully saturated rings. The molecule has 1 N–H and O–H groups in total. The number of carbonyl (C=O) groups is 2. The molecule has 1 aromatic rings. The number of nitrogens with zero attached hydrogens (tertiary/aromatic N) is 3. The number of piperidine rings is 1. The van der Waals surface area contributed by atoms with Crippen molar-refractivity contribution in [3.05, 3.63) is 29.8 Å². The van der Waals surface area contributed by atoms with E-state index in [0.29, 0.717) is 57.3 Å². The summed E-state index contributed by atoms with van der Waals surface area (Å²) in [5.41, 5.74) is 0.809. The molecule has 2 heterocycles. The summed E-state index contributed by atoms with van der Waals surface area (Å²) >= 11 is 0. The highest BCUT2D eigenvalue weighted by Crippen LogP contribution is 2.21. The monoisotopic (exact) mass is 450 g/mol. The number of piperazine rings is 1. The minimum absolute atomic E-state index is 0.0289. The molecule has 9 heteroatoms. The van der Waals surface area contributed by atoms with Gasteiger partial charge in [-0.15, -0.1) is 0 Å². The van der Waals surface area contributed by atoms with Gasteiger partial charge in [-0.2, -0.15) is 4.31 Å². The molecule has 2 amide bonds. The highest BCUT2D eigenvalue weighted by Gasteiger charge is 2.26. The standard InChI is InChI=1S/C22H34N4O4S/c1-2-10-23-21(27)18-24-13-15-25(16-14-24)22(28)17-19-6-8-20(9-7-19)31(29,30)26-11-4-3-5-12-26/h6-9H,2-5,10-18H2,1H3,(H,23,27). The van der Waals surface area contributed by atoms with Crippen molar-refractivity contribution in [2.24, 2.45) is 0 Å². The van der Waals surface area contributed by atoms with Crippen LogP contribution in [0.15, 0.2) is 29.2 Å². The topological polar surface area (TPSA) is 90.0 Å². The second kappa shape index (κ2) is 11.1. The van der Waals surface area contributed by atoms with Gasteiger partial charge in [0.25, 0.3) is 0 Å². The Morgan fingerprint density at radius 3 is 2.19 bits per heavy atom. The van der Waals surface area contributed by atoms with Crippen LogP contribution >= 0.6 is 0 Å². The maximum absolute atomic E-state index is 12.8. The summed E-state index contributed by atoms with van der Waals surface area (Å²) in [7, 11) is -3.45. The van der Waals surface area contributed by atoms with Crippen molar-refractivity contribution in [2.45, 2.75) is 43.9 Å². The molecule has 0 atom stereocenters. The number of nitrogens with one attached hydrogen (secondary N) is 1. The summed E-state index contributed by atoms with van der Waals surface area (Å²) in [6.07, 6.45) is 4.05. The Hall–Kier alpha value is -1.97. The highest BCUT2D eigenvalue weighted by atomic mass is 32.2. The molecule has 2 aliphatic heterocycles. The number of sulfonamides is 1. The van der Waals surface area contributed by atoms with Gasteiger partial charge in [0.15, 0.2) is 0 Å². The Labute approximate surface area is 185 Å². The lowest BCUT2D eigenvalue weighted by atomic mass is 10.1. The van der Waals surface area contributed by atoms with Gasteiger partial charge < -0.3 is 10.2 Å². The summed E-state index contributed by atoms with van der Waals surface area (Å²) in [6, 6.07) is 6.70. The Morgan fingerprint density at radius 2 is 1.58 bits per heavy atom. The van der Waals surface area contributed by atoms with E-state index in [1.807, 2.05) is 11.8 Å². The fourth-order valence-corrected chi connectivity index (χ4v) is 5.52. The molecular weight excluding hydrogens is 416 g/mol. The van der Waals surface area contributed by atoms with Gasteiger partial charge in [-0.1, -0.05) is 25.5 Å². The second-order valence-electron chi connectivity index (χ2n) is 8.29. The van der Waals surface area contributed by atoms with Crippen LogP contribution in [-0.2, 0) is 26.0 Å². The van der Waals surface area contributed by atoms with Crippen LogP contribution in [0.5, 0.6) is 0 Å². The first-order valence-corrected chi connectivity index (χ1v) is 12.7. The molecule has 0 spiro atoms. The Kier molecular flexibility index (Phi) is 8.45. The third-order valence-electron chi connectivity index (χ3n) is 5.90. The van der Waals surface area contributed by atoms with E-state index >= 15 is 0 Å². The molecule has 172 valence electrons. The highest BCUT2D eigenvalue weighted by molar-refractivity contribution is 7.89. The molecule has 8 nitrogen and oxygen atoms in total. The number of hydrogen-bond donors (Lipinski definition) is 1. The van der Waals surface area contributed by atoms with E-state index in [0.717, 1.165) is 31.2 Å². The zero-order chi connectivity index (χ0) is 22.3. The minimum atomic E-state index is -3.45. The average Bonchev–Trinajstić information content (AvgIpc) is 2.79. The van der Waals surface area contributed by atoms with Crippen molar-refractivity contribution in [1.82, 2.24) is 19.4 Å². The molecule has 31 heavy (non-hydrogen) atoms. The number of rotatable bonds is 8. The number of amides is 2. The maximum atomic E-state index is 12.8. The normalized spacial score (nSPS) is 18.7. The van der Waals surface area contributed by atoms with Crippen LogP contribution in [-0.4, -0.2) is 86.7 Å². The molecule has 0 saturated carbocycles. The fraction of sp³-hybridized carbons (Fsp3) is 0.636. The lowest BCUT2D eigenvalue weighted by Gasteiger charge is -2.34. The first kappa shape index (κ1) is 23.7. The predicted octanol–water partition coefficient (Wildman–Crippen LogP) is 1.07. The van der Waals surface area contributed by atoms with E-state index < -0.39 is 10.0 Å². The maximum Gasteiger partial charge on any atom is 0.243 e. The summed E-state index contributed by atoms with van der Waals surface area (Å²) < 4.78 is 27.1. The molecule has 0 aromatic heterocycles.